The highest BCUT2D eigenvalue weighted by Crippen LogP contribution is 2.34. The molecule has 0 saturated carbocycles. The standard InChI is InChI=1S/C20H25N3O7S2/c1-4-11-22(12-5-2)32(28,29)15-9-7-14(8-10-15)18(24)21-19-16(20(25)30-6-3)13-17(31-19)23(26)27/h7-10,13H,4-6,11-12H2,1-3H3,(H,21,24). The maximum Gasteiger partial charge on any atom is 0.341 e. The first kappa shape index (κ1) is 25.4. The van der Waals surface area contributed by atoms with Gasteiger partial charge in [0.25, 0.3) is 5.91 Å². The van der Waals surface area contributed by atoms with Crippen LogP contribution in [0.25, 0.3) is 0 Å². The Hall–Kier alpha value is -2.83. The Bertz CT molecular complexity index is 1070. The fraction of sp³-hybridized carbons (Fsp3) is 0.400. The molecular formula is C20H25N3O7S2. The highest BCUT2D eigenvalue weighted by Gasteiger charge is 2.26. The molecule has 0 radical (unpaired) electrons. The fourth-order valence-electron chi connectivity index (χ4n) is 2.87. The second kappa shape index (κ2) is 11.2. The van der Waals surface area contributed by atoms with Gasteiger partial charge in [-0.25, -0.2) is 13.2 Å². The Morgan fingerprint density at radius 3 is 2.22 bits per heavy atom. The Morgan fingerprint density at radius 2 is 1.72 bits per heavy atom. The van der Waals surface area contributed by atoms with E-state index in [-0.39, 0.29) is 32.6 Å². The number of amides is 1. The van der Waals surface area contributed by atoms with Gasteiger partial charge >= 0.3 is 11.0 Å². The Balaban J connectivity index is 2.27. The van der Waals surface area contributed by atoms with Crippen molar-refractivity contribution in [1.29, 1.82) is 0 Å². The summed E-state index contributed by atoms with van der Waals surface area (Å²) in [6.07, 6.45) is 1.35. The van der Waals surface area contributed by atoms with Crippen LogP contribution in [0, 0.1) is 10.1 Å². The smallest absolute Gasteiger partial charge is 0.341 e. The molecule has 0 unspecified atom stereocenters. The van der Waals surface area contributed by atoms with Gasteiger partial charge < -0.3 is 10.1 Å². The lowest BCUT2D eigenvalue weighted by atomic mass is 10.2. The average molecular weight is 484 g/mol. The van der Waals surface area contributed by atoms with Gasteiger partial charge in [-0.05, 0) is 55.4 Å². The van der Waals surface area contributed by atoms with E-state index in [0.29, 0.717) is 37.3 Å². The number of carbonyl (C=O) groups excluding carboxylic acids is 2. The minimum absolute atomic E-state index is 0.0195. The van der Waals surface area contributed by atoms with Crippen LogP contribution in [0.15, 0.2) is 35.2 Å². The second-order valence-electron chi connectivity index (χ2n) is 6.69. The molecule has 2 rings (SSSR count). The normalized spacial score (nSPS) is 11.4. The summed E-state index contributed by atoms with van der Waals surface area (Å²) in [5, 5.41) is 13.2. The SMILES string of the molecule is CCCN(CCC)S(=O)(=O)c1ccc(C(=O)Nc2sc([N+](=O)[O-])cc2C(=O)OCC)cc1. The van der Waals surface area contributed by atoms with Crippen molar-refractivity contribution in [2.24, 2.45) is 0 Å². The first-order valence-corrected chi connectivity index (χ1v) is 12.3. The van der Waals surface area contributed by atoms with Crippen LogP contribution in [0.2, 0.25) is 0 Å². The number of hydrogen-bond acceptors (Lipinski definition) is 8. The predicted molar refractivity (Wildman–Crippen MR) is 121 cm³/mol. The minimum atomic E-state index is -3.69. The molecule has 0 bridgehead atoms. The summed E-state index contributed by atoms with van der Waals surface area (Å²) in [6.45, 7) is 6.24. The molecule has 0 spiro atoms. The lowest BCUT2D eigenvalue weighted by Crippen LogP contribution is -2.32. The van der Waals surface area contributed by atoms with Crippen molar-refractivity contribution >= 4 is 43.2 Å². The molecule has 1 aromatic carbocycles. The van der Waals surface area contributed by atoms with E-state index >= 15 is 0 Å². The maximum absolute atomic E-state index is 12.8. The van der Waals surface area contributed by atoms with E-state index in [1.54, 1.807) is 6.92 Å². The number of nitrogens with one attached hydrogen (secondary N) is 1. The molecule has 10 nitrogen and oxygen atoms in total. The highest BCUT2D eigenvalue weighted by atomic mass is 32.2. The van der Waals surface area contributed by atoms with Gasteiger partial charge in [0, 0.05) is 24.7 Å². The molecule has 0 aliphatic heterocycles. The molecule has 0 aliphatic rings. The first-order valence-electron chi connectivity index (χ1n) is 10.0. The van der Waals surface area contributed by atoms with Gasteiger partial charge in [-0.15, -0.1) is 0 Å². The number of anilines is 1. The summed E-state index contributed by atoms with van der Waals surface area (Å²) in [4.78, 5) is 35.2. The number of carbonyl (C=O) groups is 2. The van der Waals surface area contributed by atoms with E-state index < -0.39 is 26.8 Å². The highest BCUT2D eigenvalue weighted by molar-refractivity contribution is 7.89. The van der Waals surface area contributed by atoms with E-state index in [9.17, 15) is 28.1 Å². The summed E-state index contributed by atoms with van der Waals surface area (Å²) >= 11 is 0.633. The third-order valence-corrected chi connectivity index (χ3v) is 7.24. The molecule has 0 atom stereocenters. The van der Waals surface area contributed by atoms with Crippen LogP contribution in [0.1, 0.15) is 54.3 Å². The molecular weight excluding hydrogens is 458 g/mol. The maximum atomic E-state index is 12.8. The van der Waals surface area contributed by atoms with Gasteiger partial charge in [-0.2, -0.15) is 4.31 Å². The number of esters is 1. The Labute approximate surface area is 190 Å². The average Bonchev–Trinajstić information content (AvgIpc) is 3.18. The largest absolute Gasteiger partial charge is 0.462 e. The number of nitrogens with zero attached hydrogens (tertiary/aromatic N) is 2. The van der Waals surface area contributed by atoms with Gasteiger partial charge in [0.05, 0.1) is 16.4 Å². The van der Waals surface area contributed by atoms with Crippen molar-refractivity contribution in [3.05, 3.63) is 51.6 Å². The van der Waals surface area contributed by atoms with Crippen LogP contribution in [-0.2, 0) is 14.8 Å². The van der Waals surface area contributed by atoms with Crippen molar-refractivity contribution in [2.45, 2.75) is 38.5 Å². The third-order valence-electron chi connectivity index (χ3n) is 4.32. The number of sulfonamides is 1. The van der Waals surface area contributed by atoms with Crippen LogP contribution in [0.5, 0.6) is 0 Å². The number of rotatable bonds is 11. The lowest BCUT2D eigenvalue weighted by molar-refractivity contribution is -0.380. The molecule has 174 valence electrons. The Kier molecular flexibility index (Phi) is 8.87. The van der Waals surface area contributed by atoms with Gasteiger partial charge in [0.1, 0.15) is 10.6 Å². The van der Waals surface area contributed by atoms with Crippen LogP contribution in [0.4, 0.5) is 10.0 Å². The molecule has 0 aliphatic carbocycles. The molecule has 1 amide bonds. The summed E-state index contributed by atoms with van der Waals surface area (Å²) < 4.78 is 32.0. The van der Waals surface area contributed by atoms with Crippen molar-refractivity contribution in [2.75, 3.05) is 25.0 Å². The van der Waals surface area contributed by atoms with Gasteiger partial charge in [-0.3, -0.25) is 14.9 Å². The van der Waals surface area contributed by atoms with E-state index in [1.165, 1.54) is 28.6 Å². The van der Waals surface area contributed by atoms with Gasteiger partial charge in [0.2, 0.25) is 10.0 Å². The molecule has 0 fully saturated rings. The predicted octanol–water partition coefficient (Wildman–Crippen LogP) is 3.90. The lowest BCUT2D eigenvalue weighted by Gasteiger charge is -2.21. The van der Waals surface area contributed by atoms with Gasteiger partial charge in [0.15, 0.2) is 0 Å². The molecule has 1 heterocycles. The second-order valence-corrected chi connectivity index (χ2v) is 9.66. The third kappa shape index (κ3) is 5.90. The number of ether oxygens (including phenoxy) is 1. The summed E-state index contributed by atoms with van der Waals surface area (Å²) in [5.74, 6) is -1.43. The van der Waals surface area contributed by atoms with Crippen LogP contribution in [0.3, 0.4) is 0 Å². The quantitative estimate of drug-likeness (QED) is 0.291. The molecule has 0 saturated heterocycles. The molecule has 1 aromatic heterocycles. The zero-order valence-electron chi connectivity index (χ0n) is 18.0. The van der Waals surface area contributed by atoms with Crippen LogP contribution < -0.4 is 5.32 Å². The van der Waals surface area contributed by atoms with Gasteiger partial charge in [-0.1, -0.05) is 13.8 Å². The minimum Gasteiger partial charge on any atom is -0.462 e. The monoisotopic (exact) mass is 483 g/mol. The topological polar surface area (TPSA) is 136 Å². The molecule has 32 heavy (non-hydrogen) atoms. The number of hydrogen-bond donors (Lipinski definition) is 1. The van der Waals surface area contributed by atoms with Crippen molar-refractivity contribution in [3.8, 4) is 0 Å². The molecule has 1 N–H and O–H groups in total. The molecule has 12 heteroatoms. The van der Waals surface area contributed by atoms with E-state index in [2.05, 4.69) is 5.32 Å². The zero-order chi connectivity index (χ0) is 23.9. The summed E-state index contributed by atoms with van der Waals surface area (Å²) in [7, 11) is -3.69. The zero-order valence-corrected chi connectivity index (χ0v) is 19.6. The van der Waals surface area contributed by atoms with E-state index in [1.807, 2.05) is 13.8 Å². The van der Waals surface area contributed by atoms with Crippen LogP contribution >= 0.6 is 11.3 Å². The van der Waals surface area contributed by atoms with Crippen molar-refractivity contribution < 1.29 is 27.7 Å². The fourth-order valence-corrected chi connectivity index (χ4v) is 5.36. The number of thiophene rings is 1. The van der Waals surface area contributed by atoms with Crippen molar-refractivity contribution in [3.63, 3.8) is 0 Å². The first-order chi connectivity index (χ1) is 15.1. The number of nitro groups is 1. The summed E-state index contributed by atoms with van der Waals surface area (Å²) in [5.41, 5.74) is 0.0122. The Morgan fingerprint density at radius 1 is 1.12 bits per heavy atom. The molecule has 2 aromatic rings. The van der Waals surface area contributed by atoms with E-state index in [0.717, 1.165) is 6.07 Å². The van der Waals surface area contributed by atoms with Crippen molar-refractivity contribution in [1.82, 2.24) is 4.31 Å². The van der Waals surface area contributed by atoms with Crippen LogP contribution in [-0.4, -0.2) is 49.2 Å². The summed E-state index contributed by atoms with van der Waals surface area (Å²) in [6, 6.07) is 6.43. The van der Waals surface area contributed by atoms with E-state index in [4.69, 9.17) is 4.74 Å². The number of benzene rings is 1.